The molecule has 0 saturated carbocycles. The molecule has 1 aromatic heterocycles. The predicted molar refractivity (Wildman–Crippen MR) is 119 cm³/mol. The number of aromatic nitrogens is 2. The molecule has 4 rings (SSSR count). The third-order valence-corrected chi connectivity index (χ3v) is 5.23. The Balaban J connectivity index is 1.66. The molecule has 6 nitrogen and oxygen atoms in total. The van der Waals surface area contributed by atoms with Gasteiger partial charge in [0.1, 0.15) is 6.61 Å². The summed E-state index contributed by atoms with van der Waals surface area (Å²) in [5.41, 5.74) is 10.7. The molecule has 0 amide bonds. The molecule has 0 aliphatic rings. The van der Waals surface area contributed by atoms with Gasteiger partial charge in [0.15, 0.2) is 0 Å². The van der Waals surface area contributed by atoms with Gasteiger partial charge in [-0.1, -0.05) is 60.1 Å². The topological polar surface area (TPSA) is 91.2 Å². The Hall–Kier alpha value is -3.48. The van der Waals surface area contributed by atoms with E-state index in [1.54, 1.807) is 18.2 Å². The van der Waals surface area contributed by atoms with Crippen molar-refractivity contribution >= 4 is 17.6 Å². The highest BCUT2D eigenvalue weighted by Gasteiger charge is 2.17. The number of benzene rings is 3. The fraction of sp³-hybridized carbons (Fsp3) is 0.125. The largest absolute Gasteiger partial charge is 0.460 e. The Morgan fingerprint density at radius 2 is 1.68 bits per heavy atom. The highest BCUT2D eigenvalue weighted by molar-refractivity contribution is 6.33. The number of esters is 1. The normalized spacial score (nSPS) is 10.8. The van der Waals surface area contributed by atoms with Crippen LogP contribution in [-0.2, 0) is 16.1 Å². The minimum absolute atomic E-state index is 0.0828. The van der Waals surface area contributed by atoms with Crippen LogP contribution in [0.2, 0.25) is 5.02 Å². The van der Waals surface area contributed by atoms with Gasteiger partial charge in [-0.25, -0.2) is 0 Å². The van der Waals surface area contributed by atoms with Crippen LogP contribution >= 0.6 is 11.6 Å². The minimum atomic E-state index is -0.481. The van der Waals surface area contributed by atoms with E-state index < -0.39 is 5.97 Å². The summed E-state index contributed by atoms with van der Waals surface area (Å²) in [6, 6.07) is 21.3. The van der Waals surface area contributed by atoms with Crippen LogP contribution in [-0.4, -0.2) is 22.7 Å². The Labute approximate surface area is 184 Å². The first-order chi connectivity index (χ1) is 15.1. The van der Waals surface area contributed by atoms with Crippen LogP contribution in [0.25, 0.3) is 34.0 Å². The summed E-state index contributed by atoms with van der Waals surface area (Å²) in [5.74, 6) is 0.211. The van der Waals surface area contributed by atoms with Gasteiger partial charge < -0.3 is 14.9 Å². The van der Waals surface area contributed by atoms with E-state index in [4.69, 9.17) is 26.5 Å². The molecular weight excluding hydrogens is 414 g/mol. The van der Waals surface area contributed by atoms with Crippen molar-refractivity contribution < 1.29 is 13.9 Å². The lowest BCUT2D eigenvalue weighted by Gasteiger charge is -2.09. The second-order valence-electron chi connectivity index (χ2n) is 6.94. The summed E-state index contributed by atoms with van der Waals surface area (Å²) in [7, 11) is 0. The van der Waals surface area contributed by atoms with Gasteiger partial charge in [-0.15, -0.1) is 10.2 Å². The number of nitrogens with two attached hydrogens (primary N) is 1. The molecule has 4 aromatic rings. The fourth-order valence-corrected chi connectivity index (χ4v) is 3.49. The van der Waals surface area contributed by atoms with E-state index in [1.165, 1.54) is 0 Å². The highest BCUT2D eigenvalue weighted by atomic mass is 35.5. The standard InChI is InChI=1S/C24H20ClN3O3/c1-15-18(17-6-3-2-4-7-17)8-5-9-19(15)23-27-28-24(31-23)20-12-16(10-11-21(20)25)14-30-22(29)13-26/h2-12H,13-14,26H2,1H3. The number of nitrogens with zero attached hydrogens (tertiary/aromatic N) is 2. The van der Waals surface area contributed by atoms with Gasteiger partial charge in [-0.2, -0.15) is 0 Å². The third kappa shape index (κ3) is 4.50. The van der Waals surface area contributed by atoms with Gasteiger partial charge in [0.25, 0.3) is 0 Å². The van der Waals surface area contributed by atoms with Crippen LogP contribution in [0.3, 0.4) is 0 Å². The third-order valence-electron chi connectivity index (χ3n) is 4.90. The van der Waals surface area contributed by atoms with Crippen molar-refractivity contribution in [3.8, 4) is 34.0 Å². The SMILES string of the molecule is Cc1c(-c2ccccc2)cccc1-c1nnc(-c2cc(COC(=O)CN)ccc2Cl)o1. The predicted octanol–water partition coefficient (Wildman–Crippen LogP) is 5.03. The quantitative estimate of drug-likeness (QED) is 0.428. The number of carbonyl (C=O) groups is 1. The number of ether oxygens (including phenoxy) is 1. The first-order valence-electron chi connectivity index (χ1n) is 9.70. The van der Waals surface area contributed by atoms with Crippen molar-refractivity contribution in [1.82, 2.24) is 10.2 Å². The van der Waals surface area contributed by atoms with Crippen molar-refractivity contribution in [2.45, 2.75) is 13.5 Å². The number of hydrogen-bond donors (Lipinski definition) is 1. The smallest absolute Gasteiger partial charge is 0.320 e. The molecule has 0 fully saturated rings. The van der Waals surface area contributed by atoms with Crippen LogP contribution in [0.15, 0.2) is 71.1 Å². The molecule has 0 spiro atoms. The van der Waals surface area contributed by atoms with E-state index >= 15 is 0 Å². The monoisotopic (exact) mass is 433 g/mol. The summed E-state index contributed by atoms with van der Waals surface area (Å²) in [5, 5.41) is 8.89. The lowest BCUT2D eigenvalue weighted by molar-refractivity contribution is -0.143. The number of hydrogen-bond acceptors (Lipinski definition) is 6. The molecule has 0 bridgehead atoms. The Morgan fingerprint density at radius 1 is 0.968 bits per heavy atom. The fourth-order valence-electron chi connectivity index (χ4n) is 3.29. The van der Waals surface area contributed by atoms with Crippen molar-refractivity contribution in [1.29, 1.82) is 0 Å². The lowest BCUT2D eigenvalue weighted by atomic mass is 9.96. The Bertz CT molecular complexity index is 1220. The van der Waals surface area contributed by atoms with Gasteiger partial charge in [0.05, 0.1) is 17.1 Å². The van der Waals surface area contributed by atoms with E-state index in [0.717, 1.165) is 27.8 Å². The van der Waals surface area contributed by atoms with Gasteiger partial charge in [-0.05, 0) is 47.4 Å². The lowest BCUT2D eigenvalue weighted by Crippen LogP contribution is -2.16. The summed E-state index contributed by atoms with van der Waals surface area (Å²) in [4.78, 5) is 11.3. The van der Waals surface area contributed by atoms with Crippen LogP contribution in [0.4, 0.5) is 0 Å². The molecule has 156 valence electrons. The van der Waals surface area contributed by atoms with Crippen molar-refractivity contribution in [3.63, 3.8) is 0 Å². The maximum Gasteiger partial charge on any atom is 0.320 e. The first-order valence-corrected chi connectivity index (χ1v) is 10.1. The average Bonchev–Trinajstić information content (AvgIpc) is 3.28. The molecule has 1 heterocycles. The zero-order valence-corrected chi connectivity index (χ0v) is 17.6. The molecule has 0 atom stereocenters. The molecule has 0 aliphatic heterocycles. The van der Waals surface area contributed by atoms with E-state index in [0.29, 0.717) is 16.5 Å². The second kappa shape index (κ2) is 9.12. The molecule has 3 aromatic carbocycles. The number of rotatable bonds is 6. The summed E-state index contributed by atoms with van der Waals surface area (Å²) in [6.07, 6.45) is 0. The van der Waals surface area contributed by atoms with Crippen LogP contribution in [0.1, 0.15) is 11.1 Å². The average molecular weight is 434 g/mol. The van der Waals surface area contributed by atoms with Gasteiger partial charge >= 0.3 is 5.97 Å². The molecular formula is C24H20ClN3O3. The van der Waals surface area contributed by atoms with Gasteiger partial charge in [0.2, 0.25) is 11.8 Å². The zero-order valence-electron chi connectivity index (χ0n) is 16.8. The van der Waals surface area contributed by atoms with E-state index in [9.17, 15) is 4.79 Å². The van der Waals surface area contributed by atoms with E-state index in [2.05, 4.69) is 28.4 Å². The molecule has 2 N–H and O–H groups in total. The van der Waals surface area contributed by atoms with Crippen molar-refractivity contribution in [2.75, 3.05) is 6.54 Å². The first kappa shape index (κ1) is 20.8. The minimum Gasteiger partial charge on any atom is -0.460 e. The molecule has 0 aliphatic carbocycles. The molecule has 0 radical (unpaired) electrons. The maximum absolute atomic E-state index is 11.3. The van der Waals surface area contributed by atoms with Crippen LogP contribution in [0.5, 0.6) is 0 Å². The Kier molecular flexibility index (Phi) is 6.11. The molecule has 31 heavy (non-hydrogen) atoms. The van der Waals surface area contributed by atoms with Crippen molar-refractivity contribution in [3.05, 3.63) is 82.9 Å². The summed E-state index contributed by atoms with van der Waals surface area (Å²) < 4.78 is 11.1. The maximum atomic E-state index is 11.3. The van der Waals surface area contributed by atoms with E-state index in [1.807, 2.05) is 37.3 Å². The summed E-state index contributed by atoms with van der Waals surface area (Å²) in [6.45, 7) is 1.94. The van der Waals surface area contributed by atoms with Crippen LogP contribution in [0, 0.1) is 6.92 Å². The second-order valence-corrected chi connectivity index (χ2v) is 7.34. The van der Waals surface area contributed by atoms with Crippen molar-refractivity contribution in [2.24, 2.45) is 5.73 Å². The molecule has 0 unspecified atom stereocenters. The number of halogens is 1. The summed E-state index contributed by atoms with van der Waals surface area (Å²) >= 11 is 6.36. The molecule has 0 saturated heterocycles. The van der Waals surface area contributed by atoms with Gasteiger partial charge in [0, 0.05) is 5.56 Å². The zero-order chi connectivity index (χ0) is 21.8. The number of carbonyl (C=O) groups excluding carboxylic acids is 1. The van der Waals surface area contributed by atoms with Gasteiger partial charge in [-0.3, -0.25) is 4.79 Å². The van der Waals surface area contributed by atoms with Crippen LogP contribution < -0.4 is 5.73 Å². The Morgan fingerprint density at radius 3 is 2.42 bits per heavy atom. The van der Waals surface area contributed by atoms with E-state index in [-0.39, 0.29) is 19.0 Å². The molecule has 7 heteroatoms. The highest BCUT2D eigenvalue weighted by Crippen LogP contribution is 2.34.